The lowest BCUT2D eigenvalue weighted by Crippen LogP contribution is -2.35. The Morgan fingerprint density at radius 2 is 1.90 bits per heavy atom. The topological polar surface area (TPSA) is 26.3 Å². The molecule has 0 aromatic heterocycles. The molecule has 0 saturated heterocycles. The fourth-order valence-corrected chi connectivity index (χ4v) is 4.46. The molecule has 0 bridgehead atoms. The van der Waals surface area contributed by atoms with Gasteiger partial charge in [-0.05, 0) is 50.8 Å². The second-order valence-electron chi connectivity index (χ2n) is 5.73. The van der Waals surface area contributed by atoms with Gasteiger partial charge in [-0.15, -0.1) is 0 Å². The van der Waals surface area contributed by atoms with Crippen LogP contribution in [0.25, 0.3) is 0 Å². The van der Waals surface area contributed by atoms with Crippen LogP contribution >= 0.6 is 11.8 Å². The summed E-state index contributed by atoms with van der Waals surface area (Å²) in [6, 6.07) is 7.44. The van der Waals surface area contributed by atoms with Crippen molar-refractivity contribution in [3.63, 3.8) is 0 Å². The second kappa shape index (κ2) is 5.65. The summed E-state index contributed by atoms with van der Waals surface area (Å²) in [4.78, 5) is 12.9. The van der Waals surface area contributed by atoms with Crippen LogP contribution in [0, 0.1) is 5.41 Å². The number of carbonyl (C=O) groups excluding carboxylic acids is 1. The third-order valence-corrected chi connectivity index (χ3v) is 5.73. The molecule has 1 aromatic carbocycles. The molecule has 0 saturated carbocycles. The maximum Gasteiger partial charge on any atom is 0.170 e. The van der Waals surface area contributed by atoms with E-state index in [-0.39, 0.29) is 16.4 Å². The Labute approximate surface area is 125 Å². The number of benzene rings is 1. The number of rotatable bonds is 4. The molecule has 20 heavy (non-hydrogen) atoms. The van der Waals surface area contributed by atoms with Crippen LogP contribution in [0.1, 0.15) is 37.6 Å². The van der Waals surface area contributed by atoms with E-state index in [1.165, 1.54) is 11.1 Å². The van der Waals surface area contributed by atoms with E-state index in [2.05, 4.69) is 27.0 Å². The van der Waals surface area contributed by atoms with Crippen LogP contribution in [-0.4, -0.2) is 24.4 Å². The minimum absolute atomic E-state index is 0.232. The molecule has 108 valence electrons. The first kappa shape index (κ1) is 15.2. The smallest absolute Gasteiger partial charge is 0.170 e. The van der Waals surface area contributed by atoms with Crippen molar-refractivity contribution in [2.24, 2.45) is 5.41 Å². The van der Waals surface area contributed by atoms with E-state index in [4.69, 9.17) is 4.74 Å². The molecule has 0 amide bonds. The zero-order chi connectivity index (χ0) is 14.9. The van der Waals surface area contributed by atoms with E-state index >= 15 is 0 Å². The highest BCUT2D eigenvalue weighted by Crippen LogP contribution is 2.49. The van der Waals surface area contributed by atoms with Crippen LogP contribution in [-0.2, 0) is 0 Å². The quantitative estimate of drug-likeness (QED) is 0.609. The number of carbonyl (C=O) groups is 1. The standard InChI is InChI=1S/C17H22O2S/c1-11-10-17(3,16(20-5)12(11)2)15(18)13-6-8-14(19-4)9-7-13/h6-9,16H,10H2,1-5H3/t16-,17+/m0/s1. The van der Waals surface area contributed by atoms with Crippen molar-refractivity contribution in [2.45, 2.75) is 32.4 Å². The van der Waals surface area contributed by atoms with E-state index in [9.17, 15) is 4.79 Å². The summed E-state index contributed by atoms with van der Waals surface area (Å²) < 4.78 is 5.15. The van der Waals surface area contributed by atoms with Crippen molar-refractivity contribution in [3.05, 3.63) is 41.0 Å². The number of allylic oxidation sites excluding steroid dienone is 1. The summed E-state index contributed by atoms with van der Waals surface area (Å²) >= 11 is 1.78. The van der Waals surface area contributed by atoms with Gasteiger partial charge in [-0.1, -0.05) is 18.1 Å². The molecule has 0 spiro atoms. The van der Waals surface area contributed by atoms with Crippen molar-refractivity contribution in [1.82, 2.24) is 0 Å². The average molecular weight is 290 g/mol. The zero-order valence-corrected chi connectivity index (χ0v) is 13.6. The molecule has 2 atom stereocenters. The zero-order valence-electron chi connectivity index (χ0n) is 12.8. The number of Topliss-reactive ketones (excluding diaryl/α,β-unsaturated/α-hetero) is 1. The van der Waals surface area contributed by atoms with Crippen molar-refractivity contribution in [3.8, 4) is 5.75 Å². The highest BCUT2D eigenvalue weighted by Gasteiger charge is 2.46. The summed E-state index contributed by atoms with van der Waals surface area (Å²) in [7, 11) is 1.63. The monoisotopic (exact) mass is 290 g/mol. The molecule has 1 aromatic rings. The Balaban J connectivity index is 2.32. The fourth-order valence-electron chi connectivity index (χ4n) is 3.19. The first-order valence-corrected chi connectivity index (χ1v) is 8.10. The van der Waals surface area contributed by atoms with Gasteiger partial charge in [0.05, 0.1) is 12.5 Å². The molecule has 2 rings (SSSR count). The van der Waals surface area contributed by atoms with Gasteiger partial charge < -0.3 is 4.74 Å². The third kappa shape index (κ3) is 2.39. The molecule has 0 fully saturated rings. The molecule has 1 aliphatic rings. The van der Waals surface area contributed by atoms with E-state index in [0.29, 0.717) is 0 Å². The Hall–Kier alpha value is -1.22. The van der Waals surface area contributed by atoms with Crippen LogP contribution < -0.4 is 4.74 Å². The number of hydrogen-bond donors (Lipinski definition) is 0. The SMILES string of the molecule is COc1ccc(C(=O)[C@@]2(C)CC(C)=C(C)[C@@H]2SC)cc1. The van der Waals surface area contributed by atoms with Crippen molar-refractivity contribution < 1.29 is 9.53 Å². The van der Waals surface area contributed by atoms with Gasteiger partial charge in [-0.2, -0.15) is 11.8 Å². The lowest BCUT2D eigenvalue weighted by molar-refractivity contribution is 0.0833. The summed E-state index contributed by atoms with van der Waals surface area (Å²) in [6.07, 6.45) is 2.95. The molecule has 2 nitrogen and oxygen atoms in total. The van der Waals surface area contributed by atoms with Gasteiger partial charge >= 0.3 is 0 Å². The lowest BCUT2D eigenvalue weighted by Gasteiger charge is -2.30. The molecule has 0 aliphatic heterocycles. The molecule has 0 N–H and O–H groups in total. The number of hydrogen-bond acceptors (Lipinski definition) is 3. The van der Waals surface area contributed by atoms with E-state index in [1.54, 1.807) is 18.9 Å². The molecule has 3 heteroatoms. The minimum atomic E-state index is -0.331. The van der Waals surface area contributed by atoms with Crippen molar-refractivity contribution >= 4 is 17.5 Å². The normalized spacial score (nSPS) is 25.9. The van der Waals surface area contributed by atoms with Gasteiger partial charge in [0.25, 0.3) is 0 Å². The maximum absolute atomic E-state index is 12.9. The van der Waals surface area contributed by atoms with Gasteiger partial charge in [0.1, 0.15) is 5.75 Å². The fraction of sp³-hybridized carbons (Fsp3) is 0.471. The Morgan fingerprint density at radius 1 is 1.30 bits per heavy atom. The van der Waals surface area contributed by atoms with Gasteiger partial charge in [0, 0.05) is 10.8 Å². The molecular weight excluding hydrogens is 268 g/mol. The number of ketones is 1. The van der Waals surface area contributed by atoms with Crippen molar-refractivity contribution in [1.29, 1.82) is 0 Å². The van der Waals surface area contributed by atoms with Crippen LogP contribution in [0.15, 0.2) is 35.4 Å². The predicted molar refractivity (Wildman–Crippen MR) is 85.7 cm³/mol. The van der Waals surface area contributed by atoms with E-state index in [1.807, 2.05) is 24.3 Å². The molecule has 0 radical (unpaired) electrons. The van der Waals surface area contributed by atoms with Crippen LogP contribution in [0.2, 0.25) is 0 Å². The van der Waals surface area contributed by atoms with Gasteiger partial charge in [0.15, 0.2) is 5.78 Å². The number of methoxy groups -OCH3 is 1. The molecule has 0 heterocycles. The van der Waals surface area contributed by atoms with Crippen LogP contribution in [0.3, 0.4) is 0 Å². The van der Waals surface area contributed by atoms with Gasteiger partial charge in [-0.25, -0.2) is 0 Å². The number of ether oxygens (including phenoxy) is 1. The largest absolute Gasteiger partial charge is 0.497 e. The highest BCUT2D eigenvalue weighted by molar-refractivity contribution is 7.99. The van der Waals surface area contributed by atoms with Crippen molar-refractivity contribution in [2.75, 3.05) is 13.4 Å². The second-order valence-corrected chi connectivity index (χ2v) is 6.67. The van der Waals surface area contributed by atoms with Gasteiger partial charge in [0.2, 0.25) is 0 Å². The molecule has 1 aliphatic carbocycles. The van der Waals surface area contributed by atoms with Crippen LogP contribution in [0.5, 0.6) is 5.75 Å². The first-order chi connectivity index (χ1) is 9.43. The third-order valence-electron chi connectivity index (χ3n) is 4.38. The van der Waals surface area contributed by atoms with Crippen LogP contribution in [0.4, 0.5) is 0 Å². The van der Waals surface area contributed by atoms with Gasteiger partial charge in [-0.3, -0.25) is 4.79 Å². The summed E-state index contributed by atoms with van der Waals surface area (Å²) in [5.41, 5.74) is 3.16. The average Bonchev–Trinajstić information content (AvgIpc) is 2.69. The number of thioether (sulfide) groups is 1. The first-order valence-electron chi connectivity index (χ1n) is 6.82. The summed E-state index contributed by atoms with van der Waals surface area (Å²) in [6.45, 7) is 6.40. The maximum atomic E-state index is 12.9. The highest BCUT2D eigenvalue weighted by atomic mass is 32.2. The summed E-state index contributed by atoms with van der Waals surface area (Å²) in [5, 5.41) is 0.275. The molecule has 0 unspecified atom stereocenters. The lowest BCUT2D eigenvalue weighted by atomic mass is 9.78. The Kier molecular flexibility index (Phi) is 4.28. The van der Waals surface area contributed by atoms with E-state index in [0.717, 1.165) is 17.7 Å². The molecular formula is C17H22O2S. The Morgan fingerprint density at radius 3 is 2.40 bits per heavy atom. The Bertz CT molecular complexity index is 545. The predicted octanol–water partition coefficient (Wildman–Crippen LogP) is 4.36. The van der Waals surface area contributed by atoms with E-state index < -0.39 is 0 Å². The summed E-state index contributed by atoms with van der Waals surface area (Å²) in [5.74, 6) is 1.01. The minimum Gasteiger partial charge on any atom is -0.497 e.